The van der Waals surface area contributed by atoms with Gasteiger partial charge in [-0.3, -0.25) is 0 Å². The zero-order valence-electron chi connectivity index (χ0n) is 25.5. The second-order valence-electron chi connectivity index (χ2n) is 11.4. The molecule has 8 rings (SSSR count). The van der Waals surface area contributed by atoms with Gasteiger partial charge in [-0.15, -0.1) is 0 Å². The number of ether oxygens (including phenoxy) is 1. The molecule has 0 unspecified atom stereocenters. The summed E-state index contributed by atoms with van der Waals surface area (Å²) in [5.41, 5.74) is 12.7. The molecule has 0 spiro atoms. The molecule has 4 nitrogen and oxygen atoms in total. The van der Waals surface area contributed by atoms with Crippen molar-refractivity contribution in [2.45, 2.75) is 6.92 Å². The number of rotatable bonds is 5. The molecule has 2 heterocycles. The minimum absolute atomic E-state index is 0.695. The van der Waals surface area contributed by atoms with Crippen LogP contribution < -0.4 is 14.5 Å². The van der Waals surface area contributed by atoms with E-state index in [0.717, 1.165) is 78.7 Å². The van der Waals surface area contributed by atoms with Crippen LogP contribution in [0.4, 0.5) is 34.1 Å². The van der Waals surface area contributed by atoms with Crippen molar-refractivity contribution in [3.05, 3.63) is 156 Å². The minimum atomic E-state index is 0.695. The molecule has 1 aliphatic heterocycles. The highest BCUT2D eigenvalue weighted by Gasteiger charge is 2.31. The van der Waals surface area contributed by atoms with E-state index >= 15 is 0 Å². The van der Waals surface area contributed by atoms with Crippen molar-refractivity contribution in [1.82, 2.24) is 4.98 Å². The van der Waals surface area contributed by atoms with Crippen LogP contribution in [0, 0.1) is 6.92 Å². The lowest BCUT2D eigenvalue weighted by Crippen LogP contribution is -2.24. The Kier molecular flexibility index (Phi) is 6.93. The third-order valence-corrected chi connectivity index (χ3v) is 8.92. The van der Waals surface area contributed by atoms with Gasteiger partial charge in [0.1, 0.15) is 5.75 Å². The van der Waals surface area contributed by atoms with Crippen molar-refractivity contribution in [2.75, 3.05) is 16.9 Å². The molecular formula is C41H30ClN3O. The van der Waals surface area contributed by atoms with Crippen LogP contribution in [0.1, 0.15) is 5.56 Å². The summed E-state index contributed by atoms with van der Waals surface area (Å²) >= 11 is 6.31. The SMILES string of the molecule is COc1ccc(-c2cc(-c3ccc(Cl)cc3)nc3c(N4c5ccccc5N(c5ccccc5)c5ccccc54)ccc(C)c23)cc1. The van der Waals surface area contributed by atoms with Gasteiger partial charge in [0.2, 0.25) is 0 Å². The Balaban J connectivity index is 1.43. The molecule has 0 saturated carbocycles. The summed E-state index contributed by atoms with van der Waals surface area (Å²) in [7, 11) is 1.69. The first kappa shape index (κ1) is 27.9. The van der Waals surface area contributed by atoms with Gasteiger partial charge in [0.05, 0.1) is 46.8 Å². The van der Waals surface area contributed by atoms with Crippen LogP contribution >= 0.6 is 11.6 Å². The Morgan fingerprint density at radius 1 is 0.565 bits per heavy atom. The summed E-state index contributed by atoms with van der Waals surface area (Å²) in [6.45, 7) is 2.16. The van der Waals surface area contributed by atoms with E-state index in [1.807, 2.05) is 36.4 Å². The standard InChI is InChI=1S/C41H30ClN3O/c1-27-16-25-39(45-37-14-8-6-12-35(37)44(31-10-4-3-5-11-31)36-13-7-9-15-38(36)45)41-40(27)33(28-19-23-32(46-2)24-20-28)26-34(43-41)29-17-21-30(42)22-18-29/h3-26H,1-2H3. The Bertz CT molecular complexity index is 2170. The van der Waals surface area contributed by atoms with Crippen LogP contribution in [-0.4, -0.2) is 12.1 Å². The zero-order valence-corrected chi connectivity index (χ0v) is 26.2. The highest BCUT2D eigenvalue weighted by atomic mass is 35.5. The number of benzene rings is 6. The van der Waals surface area contributed by atoms with Crippen LogP contribution in [0.15, 0.2) is 146 Å². The van der Waals surface area contributed by atoms with E-state index in [2.05, 4.69) is 126 Å². The molecule has 0 aliphatic carbocycles. The van der Waals surface area contributed by atoms with Crippen LogP contribution in [0.3, 0.4) is 0 Å². The topological polar surface area (TPSA) is 28.6 Å². The Morgan fingerprint density at radius 2 is 1.13 bits per heavy atom. The highest BCUT2D eigenvalue weighted by molar-refractivity contribution is 6.30. The number of hydrogen-bond acceptors (Lipinski definition) is 4. The van der Waals surface area contributed by atoms with Gasteiger partial charge >= 0.3 is 0 Å². The van der Waals surface area contributed by atoms with E-state index in [9.17, 15) is 0 Å². The number of halogens is 1. The van der Waals surface area contributed by atoms with Crippen LogP contribution in [-0.2, 0) is 0 Å². The van der Waals surface area contributed by atoms with Crippen LogP contribution in [0.2, 0.25) is 5.02 Å². The van der Waals surface area contributed by atoms with Crippen molar-refractivity contribution in [3.8, 4) is 28.1 Å². The molecule has 1 aromatic heterocycles. The van der Waals surface area contributed by atoms with E-state index in [1.54, 1.807) is 7.11 Å². The van der Waals surface area contributed by atoms with Gasteiger partial charge in [-0.2, -0.15) is 0 Å². The first-order valence-corrected chi connectivity index (χ1v) is 15.7. The van der Waals surface area contributed by atoms with Crippen molar-refractivity contribution in [1.29, 1.82) is 0 Å². The number of anilines is 6. The number of nitrogens with zero attached hydrogens (tertiary/aromatic N) is 3. The van der Waals surface area contributed by atoms with Gasteiger partial charge in [0.25, 0.3) is 0 Å². The fraction of sp³-hybridized carbons (Fsp3) is 0.0488. The van der Waals surface area contributed by atoms with Gasteiger partial charge in [0.15, 0.2) is 0 Å². The van der Waals surface area contributed by atoms with Gasteiger partial charge in [0, 0.05) is 21.7 Å². The second-order valence-corrected chi connectivity index (χ2v) is 11.8. The fourth-order valence-electron chi connectivity index (χ4n) is 6.50. The largest absolute Gasteiger partial charge is 0.497 e. The molecule has 0 radical (unpaired) electrons. The molecule has 6 aromatic carbocycles. The van der Waals surface area contributed by atoms with E-state index in [0.29, 0.717) is 5.02 Å². The number of para-hydroxylation sites is 5. The maximum atomic E-state index is 6.31. The zero-order chi connectivity index (χ0) is 31.2. The average molecular weight is 616 g/mol. The van der Waals surface area contributed by atoms with Crippen molar-refractivity contribution < 1.29 is 4.74 Å². The summed E-state index contributed by atoms with van der Waals surface area (Å²) in [6, 6.07) is 50.5. The van der Waals surface area contributed by atoms with Crippen molar-refractivity contribution >= 4 is 56.6 Å². The van der Waals surface area contributed by atoms with E-state index in [4.69, 9.17) is 21.3 Å². The number of aromatic nitrogens is 1. The summed E-state index contributed by atoms with van der Waals surface area (Å²) in [5, 5.41) is 1.81. The highest BCUT2D eigenvalue weighted by Crippen LogP contribution is 2.55. The average Bonchev–Trinajstić information content (AvgIpc) is 3.11. The number of hydrogen-bond donors (Lipinski definition) is 0. The molecule has 0 amide bonds. The molecule has 0 saturated heterocycles. The number of aryl methyl sites for hydroxylation is 1. The monoisotopic (exact) mass is 615 g/mol. The maximum absolute atomic E-state index is 6.31. The molecule has 7 aromatic rings. The molecule has 1 aliphatic rings. The maximum Gasteiger partial charge on any atom is 0.118 e. The molecule has 46 heavy (non-hydrogen) atoms. The molecule has 0 fully saturated rings. The minimum Gasteiger partial charge on any atom is -0.497 e. The summed E-state index contributed by atoms with van der Waals surface area (Å²) < 4.78 is 5.49. The van der Waals surface area contributed by atoms with E-state index in [1.165, 1.54) is 0 Å². The number of methoxy groups -OCH3 is 1. The molecule has 0 atom stereocenters. The Morgan fingerprint density at radius 3 is 1.74 bits per heavy atom. The molecule has 222 valence electrons. The Hall–Kier alpha value is -5.58. The number of fused-ring (bicyclic) bond motifs is 3. The quantitative estimate of drug-likeness (QED) is 0.192. The van der Waals surface area contributed by atoms with Crippen LogP contribution in [0.5, 0.6) is 5.75 Å². The second kappa shape index (κ2) is 11.4. The van der Waals surface area contributed by atoms with E-state index in [-0.39, 0.29) is 0 Å². The predicted molar refractivity (Wildman–Crippen MR) is 192 cm³/mol. The summed E-state index contributed by atoms with van der Waals surface area (Å²) in [4.78, 5) is 10.1. The first-order chi connectivity index (χ1) is 22.6. The van der Waals surface area contributed by atoms with E-state index < -0.39 is 0 Å². The van der Waals surface area contributed by atoms with Crippen molar-refractivity contribution in [2.24, 2.45) is 0 Å². The van der Waals surface area contributed by atoms with Crippen molar-refractivity contribution in [3.63, 3.8) is 0 Å². The van der Waals surface area contributed by atoms with Gasteiger partial charge in [-0.1, -0.05) is 84.4 Å². The van der Waals surface area contributed by atoms with Gasteiger partial charge in [-0.05, 0) is 96.4 Å². The molecular weight excluding hydrogens is 586 g/mol. The normalized spacial score (nSPS) is 12.2. The number of pyridine rings is 1. The first-order valence-electron chi connectivity index (χ1n) is 15.3. The molecule has 5 heteroatoms. The van der Waals surface area contributed by atoms with Crippen LogP contribution in [0.25, 0.3) is 33.3 Å². The lowest BCUT2D eigenvalue weighted by molar-refractivity contribution is 0.415. The summed E-state index contributed by atoms with van der Waals surface area (Å²) in [6.07, 6.45) is 0. The lowest BCUT2D eigenvalue weighted by Gasteiger charge is -2.40. The van der Waals surface area contributed by atoms with Gasteiger partial charge < -0.3 is 14.5 Å². The predicted octanol–water partition coefficient (Wildman–Crippen LogP) is 11.8. The van der Waals surface area contributed by atoms with Gasteiger partial charge in [-0.25, -0.2) is 4.98 Å². The Labute approximate surface area is 273 Å². The molecule has 0 bridgehead atoms. The molecule has 0 N–H and O–H groups in total. The lowest BCUT2D eigenvalue weighted by atomic mass is 9.94. The fourth-order valence-corrected chi connectivity index (χ4v) is 6.63. The third kappa shape index (κ3) is 4.66. The summed E-state index contributed by atoms with van der Waals surface area (Å²) in [5.74, 6) is 0.821. The smallest absolute Gasteiger partial charge is 0.118 e. The third-order valence-electron chi connectivity index (χ3n) is 8.67.